The standard InChI is InChI=1S/C14H14FN3O3S/c15-10-3-1-9(2-4-10)13-12(7-16-18-13)14(19)17-11-5-6-22(20,21)8-11/h1-4,7,11H,5-6,8H2,(H,16,18)(H,17,19). The number of sulfone groups is 1. The van der Waals surface area contributed by atoms with Crippen LogP contribution in [0.2, 0.25) is 0 Å². The first kappa shape index (κ1) is 14.7. The molecule has 0 spiro atoms. The summed E-state index contributed by atoms with van der Waals surface area (Å²) in [7, 11) is -3.06. The molecule has 1 aliphatic rings. The van der Waals surface area contributed by atoms with Gasteiger partial charge in [0.05, 0.1) is 29.0 Å². The Morgan fingerprint density at radius 1 is 1.32 bits per heavy atom. The molecule has 1 aliphatic heterocycles. The number of nitrogens with one attached hydrogen (secondary N) is 2. The number of aromatic nitrogens is 2. The van der Waals surface area contributed by atoms with Crippen molar-refractivity contribution in [2.45, 2.75) is 12.5 Å². The number of rotatable bonds is 3. The molecular formula is C14H14FN3O3S. The molecule has 8 heteroatoms. The van der Waals surface area contributed by atoms with Crippen LogP contribution in [0.3, 0.4) is 0 Å². The molecule has 3 rings (SSSR count). The molecule has 0 saturated carbocycles. The third-order valence-electron chi connectivity index (χ3n) is 3.58. The summed E-state index contributed by atoms with van der Waals surface area (Å²) in [6.07, 6.45) is 1.79. The maximum Gasteiger partial charge on any atom is 0.255 e. The van der Waals surface area contributed by atoms with Gasteiger partial charge in [-0.1, -0.05) is 0 Å². The number of benzene rings is 1. The molecule has 2 aromatic rings. The van der Waals surface area contributed by atoms with Crippen LogP contribution in [0, 0.1) is 5.82 Å². The van der Waals surface area contributed by atoms with Gasteiger partial charge in [-0.3, -0.25) is 9.89 Å². The monoisotopic (exact) mass is 323 g/mol. The fourth-order valence-corrected chi connectivity index (χ4v) is 4.14. The molecule has 1 saturated heterocycles. The van der Waals surface area contributed by atoms with Crippen LogP contribution in [-0.4, -0.2) is 42.1 Å². The van der Waals surface area contributed by atoms with E-state index in [1.54, 1.807) is 12.1 Å². The minimum Gasteiger partial charge on any atom is -0.348 e. The summed E-state index contributed by atoms with van der Waals surface area (Å²) in [5.41, 5.74) is 1.40. The van der Waals surface area contributed by atoms with Gasteiger partial charge in [0.15, 0.2) is 9.84 Å². The second-order valence-electron chi connectivity index (χ2n) is 5.24. The van der Waals surface area contributed by atoms with Gasteiger partial charge in [-0.15, -0.1) is 0 Å². The minimum absolute atomic E-state index is 0.0392. The highest BCUT2D eigenvalue weighted by molar-refractivity contribution is 7.91. The van der Waals surface area contributed by atoms with Crippen LogP contribution in [0.25, 0.3) is 11.3 Å². The van der Waals surface area contributed by atoms with E-state index in [-0.39, 0.29) is 23.4 Å². The molecule has 1 aromatic heterocycles. The number of halogens is 1. The Kier molecular flexibility index (Phi) is 3.69. The van der Waals surface area contributed by atoms with E-state index >= 15 is 0 Å². The zero-order valence-corrected chi connectivity index (χ0v) is 12.4. The molecule has 116 valence electrons. The Morgan fingerprint density at radius 3 is 2.68 bits per heavy atom. The number of H-pyrrole nitrogens is 1. The summed E-state index contributed by atoms with van der Waals surface area (Å²) >= 11 is 0. The second kappa shape index (κ2) is 5.53. The van der Waals surface area contributed by atoms with Crippen molar-refractivity contribution in [3.63, 3.8) is 0 Å². The molecule has 6 nitrogen and oxygen atoms in total. The van der Waals surface area contributed by atoms with Crippen molar-refractivity contribution < 1.29 is 17.6 Å². The molecule has 2 heterocycles. The van der Waals surface area contributed by atoms with E-state index in [4.69, 9.17) is 0 Å². The number of carbonyl (C=O) groups excluding carboxylic acids is 1. The number of hydrogen-bond acceptors (Lipinski definition) is 4. The molecule has 1 unspecified atom stereocenters. The van der Waals surface area contributed by atoms with Crippen molar-refractivity contribution in [3.05, 3.63) is 41.8 Å². The molecule has 2 N–H and O–H groups in total. The van der Waals surface area contributed by atoms with Crippen LogP contribution in [0.1, 0.15) is 16.8 Å². The SMILES string of the molecule is O=C(NC1CCS(=O)(=O)C1)c1cn[nH]c1-c1ccc(F)cc1. The van der Waals surface area contributed by atoms with Gasteiger partial charge in [0.2, 0.25) is 0 Å². The number of nitrogens with zero attached hydrogens (tertiary/aromatic N) is 1. The Balaban J connectivity index is 1.80. The van der Waals surface area contributed by atoms with Crippen molar-refractivity contribution in [2.75, 3.05) is 11.5 Å². The fourth-order valence-electron chi connectivity index (χ4n) is 2.47. The molecule has 0 bridgehead atoms. The van der Waals surface area contributed by atoms with Gasteiger partial charge in [-0.05, 0) is 30.7 Å². The van der Waals surface area contributed by atoms with Gasteiger partial charge in [-0.25, -0.2) is 12.8 Å². The van der Waals surface area contributed by atoms with Crippen molar-refractivity contribution in [1.29, 1.82) is 0 Å². The van der Waals surface area contributed by atoms with Crippen LogP contribution in [0.5, 0.6) is 0 Å². The number of carbonyl (C=O) groups is 1. The zero-order valence-electron chi connectivity index (χ0n) is 11.5. The van der Waals surface area contributed by atoms with Crippen molar-refractivity contribution in [3.8, 4) is 11.3 Å². The highest BCUT2D eigenvalue weighted by atomic mass is 32.2. The maximum atomic E-state index is 13.0. The molecule has 1 fully saturated rings. The summed E-state index contributed by atoms with van der Waals surface area (Å²) in [5.74, 6) is -0.711. The Bertz CT molecular complexity index is 799. The number of amides is 1. The molecule has 0 radical (unpaired) electrons. The third kappa shape index (κ3) is 3.01. The summed E-state index contributed by atoms with van der Waals surface area (Å²) in [6.45, 7) is 0. The van der Waals surface area contributed by atoms with E-state index in [2.05, 4.69) is 15.5 Å². The Hall–Kier alpha value is -2.22. The van der Waals surface area contributed by atoms with Crippen LogP contribution >= 0.6 is 0 Å². The quantitative estimate of drug-likeness (QED) is 0.886. The summed E-state index contributed by atoms with van der Waals surface area (Å²) < 4.78 is 35.8. The lowest BCUT2D eigenvalue weighted by Gasteiger charge is -2.10. The first-order valence-electron chi connectivity index (χ1n) is 6.75. The van der Waals surface area contributed by atoms with E-state index in [9.17, 15) is 17.6 Å². The van der Waals surface area contributed by atoms with Crippen LogP contribution < -0.4 is 5.32 Å². The lowest BCUT2D eigenvalue weighted by molar-refractivity contribution is 0.0942. The molecule has 22 heavy (non-hydrogen) atoms. The average Bonchev–Trinajstić information content (AvgIpc) is 3.06. The number of aromatic amines is 1. The molecule has 1 amide bonds. The van der Waals surface area contributed by atoms with Gasteiger partial charge < -0.3 is 5.32 Å². The van der Waals surface area contributed by atoms with Crippen LogP contribution in [-0.2, 0) is 9.84 Å². The van der Waals surface area contributed by atoms with E-state index in [1.807, 2.05) is 0 Å². The number of hydrogen-bond donors (Lipinski definition) is 2. The van der Waals surface area contributed by atoms with Gasteiger partial charge in [0.1, 0.15) is 5.82 Å². The minimum atomic E-state index is -3.06. The summed E-state index contributed by atoms with van der Waals surface area (Å²) in [6, 6.07) is 5.29. The van der Waals surface area contributed by atoms with E-state index in [1.165, 1.54) is 18.3 Å². The summed E-state index contributed by atoms with van der Waals surface area (Å²) in [5, 5.41) is 9.27. The predicted molar refractivity (Wildman–Crippen MR) is 78.5 cm³/mol. The normalized spacial score (nSPS) is 20.0. The lowest BCUT2D eigenvalue weighted by Crippen LogP contribution is -2.35. The van der Waals surface area contributed by atoms with Gasteiger partial charge in [0, 0.05) is 11.6 Å². The molecular weight excluding hydrogens is 309 g/mol. The average molecular weight is 323 g/mol. The van der Waals surface area contributed by atoms with E-state index in [0.29, 0.717) is 23.2 Å². The van der Waals surface area contributed by atoms with Crippen molar-refractivity contribution >= 4 is 15.7 Å². The van der Waals surface area contributed by atoms with Gasteiger partial charge in [-0.2, -0.15) is 5.10 Å². The molecule has 0 aliphatic carbocycles. The van der Waals surface area contributed by atoms with E-state index in [0.717, 1.165) is 0 Å². The van der Waals surface area contributed by atoms with Crippen LogP contribution in [0.4, 0.5) is 4.39 Å². The fraction of sp³-hybridized carbons (Fsp3) is 0.286. The van der Waals surface area contributed by atoms with Crippen LogP contribution in [0.15, 0.2) is 30.5 Å². The smallest absolute Gasteiger partial charge is 0.255 e. The zero-order chi connectivity index (χ0) is 15.7. The van der Waals surface area contributed by atoms with Crippen molar-refractivity contribution in [2.24, 2.45) is 0 Å². The largest absolute Gasteiger partial charge is 0.348 e. The summed E-state index contributed by atoms with van der Waals surface area (Å²) in [4.78, 5) is 12.3. The highest BCUT2D eigenvalue weighted by Gasteiger charge is 2.29. The van der Waals surface area contributed by atoms with Gasteiger partial charge >= 0.3 is 0 Å². The molecule has 1 aromatic carbocycles. The second-order valence-corrected chi connectivity index (χ2v) is 7.47. The Labute approximate surface area is 126 Å². The topological polar surface area (TPSA) is 91.9 Å². The predicted octanol–water partition coefficient (Wildman–Crippen LogP) is 1.13. The van der Waals surface area contributed by atoms with Crippen molar-refractivity contribution in [1.82, 2.24) is 15.5 Å². The maximum absolute atomic E-state index is 13.0. The first-order chi connectivity index (χ1) is 10.4. The lowest BCUT2D eigenvalue weighted by atomic mass is 10.1. The Morgan fingerprint density at radius 2 is 2.05 bits per heavy atom. The van der Waals surface area contributed by atoms with E-state index < -0.39 is 15.7 Å². The molecule has 1 atom stereocenters. The first-order valence-corrected chi connectivity index (χ1v) is 8.57. The third-order valence-corrected chi connectivity index (χ3v) is 5.35. The highest BCUT2D eigenvalue weighted by Crippen LogP contribution is 2.22. The van der Waals surface area contributed by atoms with Gasteiger partial charge in [0.25, 0.3) is 5.91 Å².